The Kier molecular flexibility index (Phi) is 3.76. The molecule has 1 aliphatic rings. The molecule has 0 amide bonds. The normalized spacial score (nSPS) is 14.9. The van der Waals surface area contributed by atoms with E-state index in [2.05, 4.69) is 49.3 Å². The molecule has 0 spiro atoms. The summed E-state index contributed by atoms with van der Waals surface area (Å²) >= 11 is 1.79. The second-order valence-electron chi connectivity index (χ2n) is 5.14. The highest BCUT2D eigenvalue weighted by molar-refractivity contribution is 7.11. The van der Waals surface area contributed by atoms with Crippen LogP contribution in [0.15, 0.2) is 18.2 Å². The SMILES string of the molecule is CCNC(c1ccc2c(c1)CCO2)c1sc(C)nc1C. The number of thiazole rings is 1. The molecular formula is C16H20N2OS. The summed E-state index contributed by atoms with van der Waals surface area (Å²) in [6.07, 6.45) is 1.02. The van der Waals surface area contributed by atoms with Crippen molar-refractivity contribution in [3.8, 4) is 5.75 Å². The second-order valence-corrected chi connectivity index (χ2v) is 6.37. The number of nitrogens with one attached hydrogen (secondary N) is 1. The minimum atomic E-state index is 0.233. The second kappa shape index (κ2) is 5.54. The van der Waals surface area contributed by atoms with E-state index in [-0.39, 0.29) is 6.04 Å². The van der Waals surface area contributed by atoms with E-state index in [1.807, 2.05) is 0 Å². The Balaban J connectivity index is 2.00. The van der Waals surface area contributed by atoms with Crippen LogP contribution in [0.2, 0.25) is 0 Å². The fraction of sp³-hybridized carbons (Fsp3) is 0.438. The molecule has 0 bridgehead atoms. The summed E-state index contributed by atoms with van der Waals surface area (Å²) in [6, 6.07) is 6.79. The van der Waals surface area contributed by atoms with Crippen molar-refractivity contribution < 1.29 is 4.74 Å². The third-order valence-electron chi connectivity index (χ3n) is 3.66. The van der Waals surface area contributed by atoms with E-state index in [1.165, 1.54) is 16.0 Å². The van der Waals surface area contributed by atoms with Crippen LogP contribution in [0.1, 0.15) is 39.7 Å². The van der Waals surface area contributed by atoms with Crippen LogP contribution in [0, 0.1) is 13.8 Å². The number of aryl methyl sites for hydroxylation is 2. The van der Waals surface area contributed by atoms with Gasteiger partial charge in [0.05, 0.1) is 23.4 Å². The Labute approximate surface area is 124 Å². The minimum Gasteiger partial charge on any atom is -0.493 e. The molecule has 2 heterocycles. The highest BCUT2D eigenvalue weighted by Gasteiger charge is 2.21. The van der Waals surface area contributed by atoms with Gasteiger partial charge in [-0.2, -0.15) is 0 Å². The lowest BCUT2D eigenvalue weighted by atomic mass is 10.0. The van der Waals surface area contributed by atoms with Crippen molar-refractivity contribution in [1.29, 1.82) is 0 Å². The van der Waals surface area contributed by atoms with Gasteiger partial charge in [-0.25, -0.2) is 4.98 Å². The molecule has 0 aliphatic carbocycles. The maximum absolute atomic E-state index is 5.60. The van der Waals surface area contributed by atoms with Gasteiger partial charge in [0.1, 0.15) is 5.75 Å². The molecule has 1 unspecified atom stereocenters. The predicted molar refractivity (Wildman–Crippen MR) is 82.7 cm³/mol. The van der Waals surface area contributed by atoms with Crippen LogP contribution in [-0.4, -0.2) is 18.1 Å². The molecule has 0 saturated carbocycles. The number of nitrogens with zero attached hydrogens (tertiary/aromatic N) is 1. The fourth-order valence-corrected chi connectivity index (χ4v) is 3.80. The van der Waals surface area contributed by atoms with E-state index < -0.39 is 0 Å². The third-order valence-corrected chi connectivity index (χ3v) is 4.79. The van der Waals surface area contributed by atoms with E-state index in [0.29, 0.717) is 0 Å². The first-order valence-corrected chi connectivity index (χ1v) is 7.93. The molecule has 106 valence electrons. The quantitative estimate of drug-likeness (QED) is 0.936. The van der Waals surface area contributed by atoms with Crippen molar-refractivity contribution in [3.63, 3.8) is 0 Å². The van der Waals surface area contributed by atoms with Gasteiger partial charge in [0.15, 0.2) is 0 Å². The van der Waals surface area contributed by atoms with Crippen LogP contribution in [0.5, 0.6) is 5.75 Å². The first-order chi connectivity index (χ1) is 9.69. The van der Waals surface area contributed by atoms with Gasteiger partial charge in [-0.3, -0.25) is 0 Å². The van der Waals surface area contributed by atoms with Crippen molar-refractivity contribution in [2.45, 2.75) is 33.2 Å². The summed E-state index contributed by atoms with van der Waals surface area (Å²) in [6.45, 7) is 8.06. The van der Waals surface area contributed by atoms with E-state index in [1.54, 1.807) is 11.3 Å². The summed E-state index contributed by atoms with van der Waals surface area (Å²) in [4.78, 5) is 5.89. The Morgan fingerprint density at radius 2 is 2.25 bits per heavy atom. The lowest BCUT2D eigenvalue weighted by molar-refractivity contribution is 0.357. The van der Waals surface area contributed by atoms with E-state index in [4.69, 9.17) is 4.74 Å². The van der Waals surface area contributed by atoms with E-state index in [0.717, 1.165) is 36.0 Å². The minimum absolute atomic E-state index is 0.233. The molecule has 1 aromatic heterocycles. The van der Waals surface area contributed by atoms with Crippen LogP contribution < -0.4 is 10.1 Å². The number of benzene rings is 1. The van der Waals surface area contributed by atoms with Gasteiger partial charge in [0.2, 0.25) is 0 Å². The molecule has 0 radical (unpaired) electrons. The molecule has 1 N–H and O–H groups in total. The Hall–Kier alpha value is -1.39. The molecule has 0 saturated heterocycles. The van der Waals surface area contributed by atoms with Crippen molar-refractivity contribution >= 4 is 11.3 Å². The fourth-order valence-electron chi connectivity index (χ4n) is 2.77. The molecule has 3 nitrogen and oxygen atoms in total. The predicted octanol–water partition coefficient (Wildman–Crippen LogP) is 3.39. The molecule has 3 rings (SSSR count). The number of hydrogen-bond acceptors (Lipinski definition) is 4. The van der Waals surface area contributed by atoms with Crippen molar-refractivity contribution in [2.24, 2.45) is 0 Å². The molecular weight excluding hydrogens is 268 g/mol. The van der Waals surface area contributed by atoms with Gasteiger partial charge in [0.25, 0.3) is 0 Å². The summed E-state index contributed by atoms with van der Waals surface area (Å²) in [5, 5.41) is 4.72. The first-order valence-electron chi connectivity index (χ1n) is 7.12. The molecule has 1 atom stereocenters. The van der Waals surface area contributed by atoms with Gasteiger partial charge >= 0.3 is 0 Å². The smallest absolute Gasteiger partial charge is 0.122 e. The third kappa shape index (κ3) is 2.45. The topological polar surface area (TPSA) is 34.1 Å². The number of rotatable bonds is 4. The van der Waals surface area contributed by atoms with Crippen LogP contribution in [0.3, 0.4) is 0 Å². The van der Waals surface area contributed by atoms with Crippen molar-refractivity contribution in [3.05, 3.63) is 44.9 Å². The molecule has 0 fully saturated rings. The number of ether oxygens (including phenoxy) is 1. The molecule has 1 aromatic carbocycles. The van der Waals surface area contributed by atoms with Gasteiger partial charge in [-0.15, -0.1) is 11.3 Å². The average Bonchev–Trinajstić information content (AvgIpc) is 3.01. The van der Waals surface area contributed by atoms with Crippen LogP contribution in [-0.2, 0) is 6.42 Å². The standard InChI is InChI=1S/C16H20N2OS/c1-4-17-15(16-10(2)18-11(3)20-16)13-5-6-14-12(9-13)7-8-19-14/h5-6,9,15,17H,4,7-8H2,1-3H3. The van der Waals surface area contributed by atoms with Gasteiger partial charge in [0, 0.05) is 11.3 Å². The number of hydrogen-bond donors (Lipinski definition) is 1. The summed E-state index contributed by atoms with van der Waals surface area (Å²) in [7, 11) is 0. The highest BCUT2D eigenvalue weighted by Crippen LogP contribution is 2.33. The highest BCUT2D eigenvalue weighted by atomic mass is 32.1. The van der Waals surface area contributed by atoms with Crippen molar-refractivity contribution in [1.82, 2.24) is 10.3 Å². The van der Waals surface area contributed by atoms with Gasteiger partial charge < -0.3 is 10.1 Å². The lowest BCUT2D eigenvalue weighted by Gasteiger charge is -2.18. The van der Waals surface area contributed by atoms with Crippen molar-refractivity contribution in [2.75, 3.05) is 13.2 Å². The zero-order valence-electron chi connectivity index (χ0n) is 12.2. The Bertz CT molecular complexity index is 621. The zero-order valence-corrected chi connectivity index (χ0v) is 13.0. The summed E-state index contributed by atoms with van der Waals surface area (Å²) in [5.74, 6) is 1.04. The lowest BCUT2D eigenvalue weighted by Crippen LogP contribution is -2.21. The zero-order chi connectivity index (χ0) is 14.1. The van der Waals surface area contributed by atoms with E-state index >= 15 is 0 Å². The van der Waals surface area contributed by atoms with Crippen LogP contribution in [0.4, 0.5) is 0 Å². The number of aromatic nitrogens is 1. The van der Waals surface area contributed by atoms with Gasteiger partial charge in [-0.1, -0.05) is 19.1 Å². The van der Waals surface area contributed by atoms with Crippen LogP contribution >= 0.6 is 11.3 Å². The Morgan fingerprint density at radius 1 is 1.40 bits per heavy atom. The summed E-state index contributed by atoms with van der Waals surface area (Å²) in [5.41, 5.74) is 3.77. The maximum atomic E-state index is 5.60. The molecule has 20 heavy (non-hydrogen) atoms. The van der Waals surface area contributed by atoms with E-state index in [9.17, 15) is 0 Å². The monoisotopic (exact) mass is 288 g/mol. The molecule has 4 heteroatoms. The Morgan fingerprint density at radius 3 is 2.95 bits per heavy atom. The summed E-state index contributed by atoms with van der Waals surface area (Å²) < 4.78 is 5.60. The maximum Gasteiger partial charge on any atom is 0.122 e. The van der Waals surface area contributed by atoms with Crippen LogP contribution in [0.25, 0.3) is 0 Å². The molecule has 1 aliphatic heterocycles. The number of fused-ring (bicyclic) bond motifs is 1. The first kappa shape index (κ1) is 13.6. The average molecular weight is 288 g/mol. The molecule has 2 aromatic rings. The largest absolute Gasteiger partial charge is 0.493 e. The van der Waals surface area contributed by atoms with Gasteiger partial charge in [-0.05, 0) is 37.6 Å².